The fourth-order valence-electron chi connectivity index (χ4n) is 4.41. The second-order valence-corrected chi connectivity index (χ2v) is 13.5. The first-order valence-corrected chi connectivity index (χ1v) is 17.2. The van der Waals surface area contributed by atoms with Gasteiger partial charge in [-0.2, -0.15) is 20.4 Å². The summed E-state index contributed by atoms with van der Waals surface area (Å²) in [4.78, 5) is -0.526. The molecule has 6 aromatic rings. The second kappa shape index (κ2) is 17.2. The van der Waals surface area contributed by atoms with Gasteiger partial charge in [0.2, 0.25) is 20.0 Å². The number of hydrogen-bond donors (Lipinski definition) is 2. The molecule has 5 aromatic carbocycles. The number of aryl methyl sites for hydroxylation is 1. The Morgan fingerprint density at radius 1 is 0.615 bits per heavy atom. The molecule has 0 fully saturated rings. The number of benzene rings is 5. The quantitative estimate of drug-likeness (QED) is 0.168. The summed E-state index contributed by atoms with van der Waals surface area (Å²) in [6.07, 6.45) is 0. The Morgan fingerprint density at radius 3 is 1.63 bits per heavy atom. The van der Waals surface area contributed by atoms with E-state index in [4.69, 9.17) is 10.3 Å². The first-order chi connectivity index (χ1) is 23.6. The van der Waals surface area contributed by atoms with Crippen LogP contribution in [0.2, 0.25) is 0 Å². The maximum absolute atomic E-state index is 12.5. The topological polar surface area (TPSA) is 280 Å². The number of rotatable bonds is 7. The van der Waals surface area contributed by atoms with Crippen LogP contribution in [-0.2, 0) is 37.4 Å². The zero-order valence-corrected chi connectivity index (χ0v) is 32.1. The van der Waals surface area contributed by atoms with Crippen LogP contribution < -0.4 is 60.3 Å². The summed E-state index contributed by atoms with van der Waals surface area (Å²) in [5.41, 5.74) is 0.444. The van der Waals surface area contributed by atoms with Crippen LogP contribution in [0.15, 0.2) is 133 Å². The number of nitrogens with two attached hydrogens (primary N) is 2. The van der Waals surface area contributed by atoms with Crippen LogP contribution in [-0.4, -0.2) is 26.6 Å². The molecule has 0 aliphatic carbocycles. The standard InChI is InChI=1S/C16H15N5O4S.C16H13N3O4S.Cr.Na/c1-10-15(16(23)21(20-10)11-5-3-2-4-6-11)19-18-13-9-12(26(17,24)25)7-8-14(13)22;17-24(22,23)11-6-8-14(20)13(9-11)18-19-16-12-4-2-1-3-10(12)5-7-15(16)21;;/h2-9,22-23H,1H3,(H2,17,24,25);1-9,20-21H,(H2,17,22,23);;/q;;+3;+1/p-4. The number of hydrogen-bond acceptors (Lipinski definition) is 13. The van der Waals surface area contributed by atoms with Crippen molar-refractivity contribution in [1.82, 2.24) is 9.78 Å². The molecule has 0 unspecified atom stereocenters. The molecule has 20 heteroatoms. The van der Waals surface area contributed by atoms with Crippen LogP contribution in [0, 0.1) is 6.92 Å². The molecule has 1 heterocycles. The summed E-state index contributed by atoms with van der Waals surface area (Å²) >= 11 is 0. The predicted octanol–water partition coefficient (Wildman–Crippen LogP) is 0.442. The Hall–Kier alpha value is -4.68. The minimum Gasteiger partial charge on any atom is -0.871 e. The number of para-hydroxylation sites is 1. The number of sulfonamides is 2. The predicted molar refractivity (Wildman–Crippen MR) is 174 cm³/mol. The van der Waals surface area contributed by atoms with E-state index >= 15 is 0 Å². The minimum absolute atomic E-state index is 0. The van der Waals surface area contributed by atoms with E-state index in [2.05, 4.69) is 25.6 Å². The molecule has 0 amide bonds. The molecule has 0 aliphatic heterocycles. The van der Waals surface area contributed by atoms with Gasteiger partial charge >= 0.3 is 46.9 Å². The van der Waals surface area contributed by atoms with Gasteiger partial charge in [0.25, 0.3) is 0 Å². The third-order valence-corrected chi connectivity index (χ3v) is 8.71. The van der Waals surface area contributed by atoms with E-state index in [1.807, 2.05) is 12.1 Å². The van der Waals surface area contributed by atoms with E-state index in [0.29, 0.717) is 16.8 Å². The molecule has 52 heavy (non-hydrogen) atoms. The molecule has 16 nitrogen and oxygen atoms in total. The smallest absolute Gasteiger partial charge is 0.871 e. The minimum atomic E-state index is -3.99. The summed E-state index contributed by atoms with van der Waals surface area (Å²) in [5.74, 6) is -1.94. The van der Waals surface area contributed by atoms with Gasteiger partial charge in [0.15, 0.2) is 0 Å². The Balaban J connectivity index is 0.000000271. The Bertz CT molecular complexity index is 2520. The van der Waals surface area contributed by atoms with Gasteiger partial charge in [-0.05, 0) is 48.7 Å². The number of primary sulfonamides is 2. The van der Waals surface area contributed by atoms with Crippen LogP contribution in [0.25, 0.3) is 16.5 Å². The van der Waals surface area contributed by atoms with Crippen LogP contribution in [0.1, 0.15) is 5.69 Å². The third kappa shape index (κ3) is 9.80. The molecule has 0 aliphatic rings. The van der Waals surface area contributed by atoms with Crippen LogP contribution in [0.5, 0.6) is 23.1 Å². The first kappa shape index (κ1) is 41.7. The number of azo groups is 2. The van der Waals surface area contributed by atoms with Crippen molar-refractivity contribution in [1.29, 1.82) is 0 Å². The van der Waals surface area contributed by atoms with Gasteiger partial charge in [-0.25, -0.2) is 31.8 Å². The summed E-state index contributed by atoms with van der Waals surface area (Å²) < 4.78 is 46.6. The molecule has 6 rings (SSSR count). The maximum atomic E-state index is 12.5. The van der Waals surface area contributed by atoms with Crippen molar-refractivity contribution in [2.75, 3.05) is 0 Å². The molecular formula is C32H24CrN8NaO8S2. The van der Waals surface area contributed by atoms with Crippen molar-refractivity contribution < 1.29 is 84.2 Å². The largest absolute Gasteiger partial charge is 3.00 e. The Kier molecular flexibility index (Phi) is 13.8. The van der Waals surface area contributed by atoms with Gasteiger partial charge in [-0.15, -0.1) is 5.11 Å². The van der Waals surface area contributed by atoms with Crippen molar-refractivity contribution in [3.05, 3.63) is 109 Å². The van der Waals surface area contributed by atoms with Crippen LogP contribution in [0.4, 0.5) is 22.7 Å². The summed E-state index contributed by atoms with van der Waals surface area (Å²) in [7, 11) is -7.96. The van der Waals surface area contributed by atoms with Gasteiger partial charge in [0, 0.05) is 11.3 Å². The van der Waals surface area contributed by atoms with Crippen LogP contribution >= 0.6 is 0 Å². The summed E-state index contributed by atoms with van der Waals surface area (Å²) in [5, 5.41) is 78.8. The van der Waals surface area contributed by atoms with Crippen molar-refractivity contribution in [3.63, 3.8) is 0 Å². The molecule has 1 radical (unpaired) electrons. The van der Waals surface area contributed by atoms with Crippen molar-refractivity contribution in [2.24, 2.45) is 30.7 Å². The monoisotopic (exact) mass is 787 g/mol. The molecule has 1 aromatic heterocycles. The molecule has 0 saturated carbocycles. The van der Waals surface area contributed by atoms with E-state index < -0.39 is 37.4 Å². The number of nitrogens with zero attached hydrogens (tertiary/aromatic N) is 6. The first-order valence-electron chi connectivity index (χ1n) is 14.2. The SMILES string of the molecule is Cc1nn(-c2ccccc2)c([O-])c1N=Nc1cc(S(N)(=O)=O)ccc1[O-].NS(=O)(=O)c1ccc([O-])c(N=Nc2c([O-])ccc3ccccc23)c1.[Cr+3].[Na+]. The average Bonchev–Trinajstić information content (AvgIpc) is 3.36. The van der Waals surface area contributed by atoms with Gasteiger partial charge < -0.3 is 20.4 Å². The van der Waals surface area contributed by atoms with Crippen molar-refractivity contribution >= 4 is 53.6 Å². The van der Waals surface area contributed by atoms with E-state index in [1.54, 1.807) is 55.5 Å². The van der Waals surface area contributed by atoms with Gasteiger partial charge in [-0.1, -0.05) is 84.0 Å². The Morgan fingerprint density at radius 2 is 1.10 bits per heavy atom. The fraction of sp³-hybridized carbons (Fsp3) is 0.0312. The maximum Gasteiger partial charge on any atom is 3.00 e. The van der Waals surface area contributed by atoms with E-state index in [9.17, 15) is 37.3 Å². The van der Waals surface area contributed by atoms with Crippen LogP contribution in [0.3, 0.4) is 0 Å². The summed E-state index contributed by atoms with van der Waals surface area (Å²) in [6.45, 7) is 1.58. The van der Waals surface area contributed by atoms with E-state index in [0.717, 1.165) is 41.8 Å². The van der Waals surface area contributed by atoms with Gasteiger partial charge in [-0.3, -0.25) is 0 Å². The molecular weight excluding hydrogens is 764 g/mol. The molecule has 0 atom stereocenters. The molecule has 0 saturated heterocycles. The fourth-order valence-corrected chi connectivity index (χ4v) is 5.48. The van der Waals surface area contributed by atoms with Crippen molar-refractivity contribution in [2.45, 2.75) is 16.7 Å². The Labute approximate surface area is 330 Å². The van der Waals surface area contributed by atoms with Gasteiger partial charge in [0.1, 0.15) is 5.69 Å². The number of aromatic nitrogens is 2. The normalized spacial score (nSPS) is 11.5. The average molecular weight is 788 g/mol. The van der Waals surface area contributed by atoms with Crippen molar-refractivity contribution in [3.8, 4) is 28.8 Å². The molecule has 0 bridgehead atoms. The van der Waals surface area contributed by atoms with E-state index in [1.165, 1.54) is 10.7 Å². The summed E-state index contributed by atoms with van der Waals surface area (Å²) in [6, 6.07) is 25.1. The molecule has 259 valence electrons. The van der Waals surface area contributed by atoms with E-state index in [-0.39, 0.29) is 85.2 Å². The second-order valence-electron chi connectivity index (χ2n) is 10.4. The van der Waals surface area contributed by atoms with Gasteiger partial charge in [0.05, 0.1) is 38.2 Å². The zero-order chi connectivity index (χ0) is 36.2. The molecule has 4 N–H and O–H groups in total. The zero-order valence-electron chi connectivity index (χ0n) is 27.1. The third-order valence-electron chi connectivity index (χ3n) is 6.89. The molecule has 0 spiro atoms. The number of fused-ring (bicyclic) bond motifs is 1.